The van der Waals surface area contributed by atoms with Gasteiger partial charge in [-0.25, -0.2) is 0 Å². The van der Waals surface area contributed by atoms with Gasteiger partial charge in [0.05, 0.1) is 13.1 Å². The van der Waals surface area contributed by atoms with E-state index in [2.05, 4.69) is 20.4 Å². The second-order valence-corrected chi connectivity index (χ2v) is 6.59. The van der Waals surface area contributed by atoms with Crippen LogP contribution < -0.4 is 10.6 Å². The minimum Gasteiger partial charge on any atom is -0.352 e. The van der Waals surface area contributed by atoms with Crippen LogP contribution in [0.25, 0.3) is 0 Å². The summed E-state index contributed by atoms with van der Waals surface area (Å²) >= 11 is 0. The smallest absolute Gasteiger partial charge is 0.234 e. The molecular formula is C15H26N4O2. The quantitative estimate of drug-likeness (QED) is 0.696. The van der Waals surface area contributed by atoms with E-state index in [9.17, 15) is 9.59 Å². The Morgan fingerprint density at radius 1 is 0.762 bits per heavy atom. The van der Waals surface area contributed by atoms with Gasteiger partial charge < -0.3 is 10.6 Å². The predicted octanol–water partition coefficient (Wildman–Crippen LogP) is -0.449. The van der Waals surface area contributed by atoms with Crippen LogP contribution in [-0.4, -0.2) is 73.0 Å². The van der Waals surface area contributed by atoms with Crippen LogP contribution in [0.5, 0.6) is 0 Å². The molecule has 3 aliphatic rings. The number of hydrogen-bond acceptors (Lipinski definition) is 4. The molecule has 2 N–H and O–H groups in total. The first-order chi connectivity index (χ1) is 10.2. The summed E-state index contributed by atoms with van der Waals surface area (Å²) in [4.78, 5) is 28.1. The lowest BCUT2D eigenvalue weighted by Gasteiger charge is -2.21. The monoisotopic (exact) mass is 294 g/mol. The Balaban J connectivity index is 1.36. The Bertz CT molecular complexity index is 357. The van der Waals surface area contributed by atoms with Crippen molar-refractivity contribution in [3.63, 3.8) is 0 Å². The molecule has 6 heteroatoms. The highest BCUT2D eigenvalue weighted by molar-refractivity contribution is 5.79. The van der Waals surface area contributed by atoms with E-state index in [4.69, 9.17) is 0 Å². The molecule has 3 fully saturated rings. The van der Waals surface area contributed by atoms with Gasteiger partial charge in [0.15, 0.2) is 0 Å². The molecule has 3 rings (SSSR count). The van der Waals surface area contributed by atoms with Crippen LogP contribution in [0, 0.1) is 0 Å². The molecule has 21 heavy (non-hydrogen) atoms. The molecule has 1 saturated heterocycles. The van der Waals surface area contributed by atoms with Crippen molar-refractivity contribution in [2.24, 2.45) is 0 Å². The minimum atomic E-state index is 0.150. The summed E-state index contributed by atoms with van der Waals surface area (Å²) in [5, 5.41) is 6.07. The van der Waals surface area contributed by atoms with Crippen LogP contribution in [0.3, 0.4) is 0 Å². The summed E-state index contributed by atoms with van der Waals surface area (Å²) in [5.74, 6) is 0.301. The van der Waals surface area contributed by atoms with E-state index in [1.54, 1.807) is 0 Å². The van der Waals surface area contributed by atoms with Gasteiger partial charge in [0, 0.05) is 25.2 Å². The minimum absolute atomic E-state index is 0.150. The van der Waals surface area contributed by atoms with Crippen molar-refractivity contribution in [2.45, 2.75) is 44.2 Å². The zero-order chi connectivity index (χ0) is 14.7. The number of carbonyl (C=O) groups is 2. The molecular weight excluding hydrogens is 268 g/mol. The Morgan fingerprint density at radius 3 is 1.57 bits per heavy atom. The topological polar surface area (TPSA) is 64.7 Å². The van der Waals surface area contributed by atoms with Crippen molar-refractivity contribution in [3.05, 3.63) is 0 Å². The van der Waals surface area contributed by atoms with Gasteiger partial charge >= 0.3 is 0 Å². The fourth-order valence-electron chi connectivity index (χ4n) is 2.75. The first-order valence-electron chi connectivity index (χ1n) is 8.22. The summed E-state index contributed by atoms with van der Waals surface area (Å²) in [6.45, 7) is 4.62. The molecule has 1 heterocycles. The van der Waals surface area contributed by atoms with Gasteiger partial charge in [-0.3, -0.25) is 19.4 Å². The normalized spacial score (nSPS) is 24.4. The van der Waals surface area contributed by atoms with Gasteiger partial charge in [0.1, 0.15) is 0 Å². The predicted molar refractivity (Wildman–Crippen MR) is 79.8 cm³/mol. The molecule has 0 aromatic carbocycles. The van der Waals surface area contributed by atoms with Crippen LogP contribution in [0.1, 0.15) is 32.1 Å². The summed E-state index contributed by atoms with van der Waals surface area (Å²) in [7, 11) is 0. The summed E-state index contributed by atoms with van der Waals surface area (Å²) in [6.07, 6.45) is 5.56. The van der Waals surface area contributed by atoms with Crippen molar-refractivity contribution in [1.82, 2.24) is 20.4 Å². The standard InChI is InChI=1S/C15H26N4O2/c20-14(16-12-2-3-12)10-18-6-1-7-19(9-8-18)11-15(21)17-13-4-5-13/h12-13H,1-11H2,(H,16,20)(H,17,21). The SMILES string of the molecule is O=C(CN1CCCN(CC(=O)NC2CC2)CC1)NC1CC1. The van der Waals surface area contributed by atoms with Gasteiger partial charge in [-0.1, -0.05) is 0 Å². The molecule has 0 aromatic rings. The molecule has 118 valence electrons. The highest BCUT2D eigenvalue weighted by Crippen LogP contribution is 2.19. The molecule has 2 amide bonds. The van der Waals surface area contributed by atoms with Crippen LogP contribution in [0.2, 0.25) is 0 Å². The van der Waals surface area contributed by atoms with Crippen molar-refractivity contribution in [1.29, 1.82) is 0 Å². The lowest BCUT2D eigenvalue weighted by atomic mass is 10.3. The zero-order valence-corrected chi connectivity index (χ0v) is 12.6. The molecule has 2 saturated carbocycles. The number of hydrogen-bond donors (Lipinski definition) is 2. The van der Waals surface area contributed by atoms with E-state index in [0.29, 0.717) is 25.2 Å². The van der Waals surface area contributed by atoms with E-state index in [1.165, 1.54) is 0 Å². The van der Waals surface area contributed by atoms with Crippen LogP contribution in [0.4, 0.5) is 0 Å². The fourth-order valence-corrected chi connectivity index (χ4v) is 2.75. The third kappa shape index (κ3) is 5.28. The first kappa shape index (κ1) is 14.8. The number of carbonyl (C=O) groups excluding carboxylic acids is 2. The summed E-state index contributed by atoms with van der Waals surface area (Å²) in [5.41, 5.74) is 0. The van der Waals surface area contributed by atoms with E-state index < -0.39 is 0 Å². The number of nitrogens with one attached hydrogen (secondary N) is 2. The van der Waals surface area contributed by atoms with Crippen molar-refractivity contribution in [3.8, 4) is 0 Å². The molecule has 0 bridgehead atoms. The largest absolute Gasteiger partial charge is 0.352 e. The van der Waals surface area contributed by atoms with E-state index in [0.717, 1.165) is 58.3 Å². The van der Waals surface area contributed by atoms with Gasteiger partial charge in [0.2, 0.25) is 11.8 Å². The third-order valence-electron chi connectivity index (χ3n) is 4.30. The average Bonchev–Trinajstić information content (AvgIpc) is 3.26. The average molecular weight is 294 g/mol. The first-order valence-corrected chi connectivity index (χ1v) is 8.22. The van der Waals surface area contributed by atoms with Crippen molar-refractivity contribution in [2.75, 3.05) is 39.3 Å². The second-order valence-electron chi connectivity index (χ2n) is 6.59. The third-order valence-corrected chi connectivity index (χ3v) is 4.30. The molecule has 2 aliphatic carbocycles. The van der Waals surface area contributed by atoms with Gasteiger partial charge in [-0.15, -0.1) is 0 Å². The zero-order valence-electron chi connectivity index (χ0n) is 12.6. The summed E-state index contributed by atoms with van der Waals surface area (Å²) in [6, 6.07) is 0.874. The Labute approximate surface area is 126 Å². The Morgan fingerprint density at radius 2 is 1.19 bits per heavy atom. The second kappa shape index (κ2) is 6.75. The van der Waals surface area contributed by atoms with Crippen molar-refractivity contribution >= 4 is 11.8 Å². The van der Waals surface area contributed by atoms with Crippen molar-refractivity contribution < 1.29 is 9.59 Å². The van der Waals surface area contributed by atoms with Gasteiger partial charge in [-0.05, 0) is 45.2 Å². The molecule has 0 unspecified atom stereocenters. The maximum absolute atomic E-state index is 11.8. The van der Waals surface area contributed by atoms with Crippen LogP contribution >= 0.6 is 0 Å². The van der Waals surface area contributed by atoms with Crippen LogP contribution in [0.15, 0.2) is 0 Å². The van der Waals surface area contributed by atoms with E-state index >= 15 is 0 Å². The van der Waals surface area contributed by atoms with E-state index in [-0.39, 0.29) is 11.8 Å². The molecule has 0 spiro atoms. The number of amides is 2. The number of rotatable bonds is 6. The molecule has 0 aromatic heterocycles. The maximum Gasteiger partial charge on any atom is 0.234 e. The maximum atomic E-state index is 11.8. The fraction of sp³-hybridized carbons (Fsp3) is 0.867. The van der Waals surface area contributed by atoms with Crippen LogP contribution in [-0.2, 0) is 9.59 Å². The Kier molecular flexibility index (Phi) is 4.75. The molecule has 1 aliphatic heterocycles. The van der Waals surface area contributed by atoms with E-state index in [1.807, 2.05) is 0 Å². The van der Waals surface area contributed by atoms with Gasteiger partial charge in [-0.2, -0.15) is 0 Å². The molecule has 0 atom stereocenters. The lowest BCUT2D eigenvalue weighted by molar-refractivity contribution is -0.123. The molecule has 6 nitrogen and oxygen atoms in total. The van der Waals surface area contributed by atoms with Gasteiger partial charge in [0.25, 0.3) is 0 Å². The highest BCUT2D eigenvalue weighted by atomic mass is 16.2. The lowest BCUT2D eigenvalue weighted by Crippen LogP contribution is -2.41. The number of nitrogens with zero attached hydrogens (tertiary/aromatic N) is 2. The molecule has 0 radical (unpaired) electrons. The Hall–Kier alpha value is -1.14. The summed E-state index contributed by atoms with van der Waals surface area (Å²) < 4.78 is 0. The highest BCUT2D eigenvalue weighted by Gasteiger charge is 2.26.